The summed E-state index contributed by atoms with van der Waals surface area (Å²) in [7, 11) is 1.62. The normalized spacial score (nSPS) is 17.7. The van der Waals surface area contributed by atoms with Gasteiger partial charge in [0.2, 0.25) is 5.91 Å². The van der Waals surface area contributed by atoms with Crippen LogP contribution in [0.1, 0.15) is 42.4 Å². The van der Waals surface area contributed by atoms with Gasteiger partial charge < -0.3 is 19.2 Å². The smallest absolute Gasteiger partial charge is 0.228 e. The van der Waals surface area contributed by atoms with Crippen molar-refractivity contribution in [3.8, 4) is 5.75 Å². The number of aryl methyl sites for hydroxylation is 1. The minimum Gasteiger partial charge on any atom is -0.493 e. The highest BCUT2D eigenvalue weighted by molar-refractivity contribution is 5.85. The molecule has 0 saturated heterocycles. The molecule has 0 radical (unpaired) electrons. The van der Waals surface area contributed by atoms with Gasteiger partial charge in [0, 0.05) is 19.1 Å². The fourth-order valence-electron chi connectivity index (χ4n) is 3.02. The van der Waals surface area contributed by atoms with Crippen molar-refractivity contribution >= 4 is 5.91 Å². The predicted molar refractivity (Wildman–Crippen MR) is 90.1 cm³/mol. The van der Waals surface area contributed by atoms with E-state index in [2.05, 4.69) is 5.32 Å². The maximum atomic E-state index is 12.8. The SMILES string of the molecule is CCc1ccc([C@H](COC)NC(=O)[C@@H]2CCOc3ccccc32)o1. The molecule has 3 rings (SSSR count). The molecule has 2 aromatic rings. The van der Waals surface area contributed by atoms with Crippen molar-refractivity contribution in [3.63, 3.8) is 0 Å². The molecule has 1 aromatic heterocycles. The molecule has 0 unspecified atom stereocenters. The number of rotatable bonds is 6. The van der Waals surface area contributed by atoms with Crippen LogP contribution in [-0.4, -0.2) is 26.2 Å². The highest BCUT2D eigenvalue weighted by Gasteiger charge is 2.29. The molecule has 0 fully saturated rings. The van der Waals surface area contributed by atoms with Crippen LogP contribution in [0.3, 0.4) is 0 Å². The Labute approximate surface area is 141 Å². The van der Waals surface area contributed by atoms with E-state index in [9.17, 15) is 4.79 Å². The lowest BCUT2D eigenvalue weighted by Crippen LogP contribution is -2.36. The molecule has 5 heteroatoms. The van der Waals surface area contributed by atoms with E-state index < -0.39 is 0 Å². The van der Waals surface area contributed by atoms with Gasteiger partial charge in [-0.15, -0.1) is 0 Å². The summed E-state index contributed by atoms with van der Waals surface area (Å²) in [6.45, 7) is 2.95. The maximum Gasteiger partial charge on any atom is 0.228 e. The van der Waals surface area contributed by atoms with Gasteiger partial charge in [-0.1, -0.05) is 25.1 Å². The molecule has 5 nitrogen and oxygen atoms in total. The highest BCUT2D eigenvalue weighted by atomic mass is 16.5. The molecule has 0 aliphatic carbocycles. The molecule has 128 valence electrons. The zero-order chi connectivity index (χ0) is 16.9. The van der Waals surface area contributed by atoms with E-state index in [4.69, 9.17) is 13.9 Å². The lowest BCUT2D eigenvalue weighted by Gasteiger charge is -2.26. The second-order valence-corrected chi connectivity index (χ2v) is 5.90. The van der Waals surface area contributed by atoms with Crippen LogP contribution in [0.25, 0.3) is 0 Å². The molecule has 0 bridgehead atoms. The molecule has 2 atom stereocenters. The van der Waals surface area contributed by atoms with Crippen LogP contribution in [0.4, 0.5) is 0 Å². The Morgan fingerprint density at radius 1 is 1.33 bits per heavy atom. The van der Waals surface area contributed by atoms with Crippen molar-refractivity contribution in [2.45, 2.75) is 31.7 Å². The third kappa shape index (κ3) is 3.46. The molecule has 1 N–H and O–H groups in total. The van der Waals surface area contributed by atoms with Crippen LogP contribution < -0.4 is 10.1 Å². The first kappa shape index (κ1) is 16.6. The summed E-state index contributed by atoms with van der Waals surface area (Å²) in [6.07, 6.45) is 1.49. The van der Waals surface area contributed by atoms with E-state index in [1.54, 1.807) is 7.11 Å². The van der Waals surface area contributed by atoms with Crippen LogP contribution in [0, 0.1) is 0 Å². The summed E-state index contributed by atoms with van der Waals surface area (Å²) in [5.74, 6) is 2.18. The number of fused-ring (bicyclic) bond motifs is 1. The predicted octanol–water partition coefficient (Wildman–Crippen LogP) is 3.21. The number of methoxy groups -OCH3 is 1. The Kier molecular flexibility index (Phi) is 5.20. The molecular formula is C19H23NO4. The monoisotopic (exact) mass is 329 g/mol. The maximum absolute atomic E-state index is 12.8. The number of carbonyl (C=O) groups excluding carboxylic acids is 1. The Morgan fingerprint density at radius 2 is 2.17 bits per heavy atom. The van der Waals surface area contributed by atoms with E-state index >= 15 is 0 Å². The Bertz CT molecular complexity index is 694. The fraction of sp³-hybridized carbons (Fsp3) is 0.421. The van der Waals surface area contributed by atoms with Crippen LogP contribution >= 0.6 is 0 Å². The Morgan fingerprint density at radius 3 is 2.92 bits per heavy atom. The van der Waals surface area contributed by atoms with Crippen LogP contribution in [0.2, 0.25) is 0 Å². The largest absolute Gasteiger partial charge is 0.493 e. The quantitative estimate of drug-likeness (QED) is 0.884. The molecule has 1 aliphatic heterocycles. The van der Waals surface area contributed by atoms with Crippen LogP contribution in [-0.2, 0) is 16.0 Å². The van der Waals surface area contributed by atoms with Crippen molar-refractivity contribution in [1.29, 1.82) is 0 Å². The van der Waals surface area contributed by atoms with Gasteiger partial charge in [-0.25, -0.2) is 0 Å². The second-order valence-electron chi connectivity index (χ2n) is 5.90. The fourth-order valence-corrected chi connectivity index (χ4v) is 3.02. The highest BCUT2D eigenvalue weighted by Crippen LogP contribution is 2.34. The number of hydrogen-bond acceptors (Lipinski definition) is 4. The number of nitrogens with one attached hydrogen (secondary N) is 1. The number of furan rings is 1. The summed E-state index contributed by atoms with van der Waals surface area (Å²) in [5.41, 5.74) is 0.936. The molecule has 1 amide bonds. The number of amides is 1. The molecule has 0 saturated carbocycles. The van der Waals surface area contributed by atoms with Gasteiger partial charge in [-0.2, -0.15) is 0 Å². The van der Waals surface area contributed by atoms with Gasteiger partial charge in [0.05, 0.1) is 19.1 Å². The number of hydrogen-bond donors (Lipinski definition) is 1. The van der Waals surface area contributed by atoms with Crippen molar-refractivity contribution in [2.24, 2.45) is 0 Å². The van der Waals surface area contributed by atoms with E-state index in [0.717, 1.165) is 29.3 Å². The Balaban J connectivity index is 1.77. The molecule has 1 aliphatic rings. The van der Waals surface area contributed by atoms with Gasteiger partial charge in [0.15, 0.2) is 0 Å². The number of carbonyl (C=O) groups is 1. The van der Waals surface area contributed by atoms with Gasteiger partial charge >= 0.3 is 0 Å². The molecule has 0 spiro atoms. The van der Waals surface area contributed by atoms with Crippen molar-refractivity contribution in [3.05, 3.63) is 53.5 Å². The topological polar surface area (TPSA) is 60.7 Å². The van der Waals surface area contributed by atoms with E-state index in [-0.39, 0.29) is 17.9 Å². The van der Waals surface area contributed by atoms with Gasteiger partial charge in [0.25, 0.3) is 0 Å². The van der Waals surface area contributed by atoms with Crippen LogP contribution in [0.15, 0.2) is 40.8 Å². The summed E-state index contributed by atoms with van der Waals surface area (Å²) >= 11 is 0. The second kappa shape index (κ2) is 7.53. The van der Waals surface area contributed by atoms with Crippen molar-refractivity contribution < 1.29 is 18.7 Å². The van der Waals surface area contributed by atoms with Crippen molar-refractivity contribution in [1.82, 2.24) is 5.32 Å². The van der Waals surface area contributed by atoms with E-state index in [1.165, 1.54) is 0 Å². The van der Waals surface area contributed by atoms with Gasteiger partial charge in [0.1, 0.15) is 23.3 Å². The zero-order valence-corrected chi connectivity index (χ0v) is 14.1. The molecule has 24 heavy (non-hydrogen) atoms. The van der Waals surface area contributed by atoms with Gasteiger partial charge in [-0.05, 0) is 24.6 Å². The number of benzene rings is 1. The number of ether oxygens (including phenoxy) is 2. The van der Waals surface area contributed by atoms with E-state index in [1.807, 2.05) is 43.3 Å². The van der Waals surface area contributed by atoms with Crippen molar-refractivity contribution in [2.75, 3.05) is 20.3 Å². The summed E-state index contributed by atoms with van der Waals surface area (Å²) in [4.78, 5) is 12.8. The Hall–Kier alpha value is -2.27. The lowest BCUT2D eigenvalue weighted by molar-refractivity contribution is -0.124. The van der Waals surface area contributed by atoms with Crippen LogP contribution in [0.5, 0.6) is 5.75 Å². The summed E-state index contributed by atoms with van der Waals surface area (Å²) in [6, 6.07) is 11.3. The van der Waals surface area contributed by atoms with Gasteiger partial charge in [-0.3, -0.25) is 4.79 Å². The lowest BCUT2D eigenvalue weighted by atomic mass is 9.92. The first-order valence-corrected chi connectivity index (χ1v) is 8.32. The third-order valence-corrected chi connectivity index (χ3v) is 4.30. The molecule has 2 heterocycles. The third-order valence-electron chi connectivity index (χ3n) is 4.30. The first-order chi connectivity index (χ1) is 11.7. The minimum atomic E-state index is -0.294. The average molecular weight is 329 g/mol. The standard InChI is InChI=1S/C19H23NO4/c1-3-13-8-9-18(24-13)16(12-22-2)20-19(21)15-10-11-23-17-7-5-4-6-14(15)17/h4-9,15-16H,3,10-12H2,1-2H3,(H,20,21)/t15-,16+/m1/s1. The van der Waals surface area contributed by atoms with E-state index in [0.29, 0.717) is 19.6 Å². The average Bonchev–Trinajstić information content (AvgIpc) is 3.10. The molecule has 1 aromatic carbocycles. The molecular weight excluding hydrogens is 306 g/mol. The zero-order valence-electron chi connectivity index (χ0n) is 14.1. The summed E-state index contributed by atoms with van der Waals surface area (Å²) in [5, 5.41) is 3.07. The number of para-hydroxylation sites is 1. The first-order valence-electron chi connectivity index (χ1n) is 8.32. The minimum absolute atomic E-state index is 0.0257. The summed E-state index contributed by atoms with van der Waals surface area (Å²) < 4.78 is 16.7.